The van der Waals surface area contributed by atoms with Crippen LogP contribution in [-0.4, -0.2) is 13.6 Å². The normalized spacial score (nSPS) is 13.4. The summed E-state index contributed by atoms with van der Waals surface area (Å²) < 4.78 is 28.4. The minimum Gasteiger partial charge on any atom is -0.356 e. The molecular weight excluding hydrogens is 342 g/mol. The molecule has 0 aliphatic heterocycles. The first-order valence-electron chi connectivity index (χ1n) is 5.12. The fourth-order valence-electron chi connectivity index (χ4n) is 2.13. The first-order chi connectivity index (χ1) is 8.44. The molecule has 4 nitrogen and oxygen atoms in total. The summed E-state index contributed by atoms with van der Waals surface area (Å²) in [4.78, 5) is 0. The summed E-state index contributed by atoms with van der Waals surface area (Å²) in [7, 11) is 1.62. The Hall–Kier alpha value is -0.850. The van der Waals surface area contributed by atoms with Crippen LogP contribution in [0.5, 0.6) is 0 Å². The van der Waals surface area contributed by atoms with Crippen LogP contribution in [0, 0.1) is 0 Å². The minimum absolute atomic E-state index is 0.303. The summed E-state index contributed by atoms with van der Waals surface area (Å²) in [6.45, 7) is 0. The van der Waals surface area contributed by atoms with Gasteiger partial charge < -0.3 is 4.52 Å². The van der Waals surface area contributed by atoms with Crippen LogP contribution in [-0.2, 0) is 21.2 Å². The van der Waals surface area contributed by atoms with E-state index in [1.165, 1.54) is 0 Å². The van der Waals surface area contributed by atoms with Gasteiger partial charge in [0, 0.05) is 32.7 Å². The maximum atomic E-state index is 11.1. The molecule has 0 amide bonds. The van der Waals surface area contributed by atoms with Gasteiger partial charge in [0.15, 0.2) is 5.76 Å². The number of hydrogen-bond donors (Lipinski definition) is 0. The maximum absolute atomic E-state index is 11.1. The lowest BCUT2D eigenvalue weighted by atomic mass is 10.1. The van der Waals surface area contributed by atoms with Crippen molar-refractivity contribution in [2.75, 3.05) is 0 Å². The molecule has 0 saturated heterocycles. The van der Waals surface area contributed by atoms with Gasteiger partial charge in [0.2, 0.25) is 9.05 Å². The Morgan fingerprint density at radius 1 is 1.44 bits per heavy atom. The molecule has 0 unspecified atom stereocenters. The molecular formula is C11H7BrClNO3S. The second kappa shape index (κ2) is 4.08. The van der Waals surface area contributed by atoms with Crippen LogP contribution in [0.3, 0.4) is 0 Å². The van der Waals surface area contributed by atoms with E-state index in [9.17, 15) is 8.42 Å². The van der Waals surface area contributed by atoms with E-state index in [0.29, 0.717) is 17.9 Å². The number of hydrogen-bond acceptors (Lipinski definition) is 4. The molecule has 18 heavy (non-hydrogen) atoms. The number of nitrogens with zero attached hydrogens (tertiary/aromatic N) is 1. The van der Waals surface area contributed by atoms with Crippen molar-refractivity contribution in [3.05, 3.63) is 39.5 Å². The number of halogens is 2. The Labute approximate surface area is 116 Å². The summed E-state index contributed by atoms with van der Waals surface area (Å²) in [5.74, 6) is 0.343. The molecule has 0 bridgehead atoms. The fraction of sp³-hybridized carbons (Fsp3) is 0.182. The Morgan fingerprint density at radius 3 is 2.94 bits per heavy atom. The molecule has 3 rings (SSSR count). The lowest BCUT2D eigenvalue weighted by Gasteiger charge is -1.98. The van der Waals surface area contributed by atoms with E-state index in [1.807, 2.05) is 18.2 Å². The second-order valence-corrected chi connectivity index (χ2v) is 7.79. The predicted octanol–water partition coefficient (Wildman–Crippen LogP) is 3.08. The van der Waals surface area contributed by atoms with Gasteiger partial charge in [-0.1, -0.05) is 21.1 Å². The maximum Gasteiger partial charge on any atom is 0.238 e. The number of benzene rings is 1. The highest BCUT2D eigenvalue weighted by atomic mass is 79.9. The smallest absolute Gasteiger partial charge is 0.238 e. The van der Waals surface area contributed by atoms with Crippen molar-refractivity contribution in [2.45, 2.75) is 12.2 Å². The molecule has 2 aromatic rings. The summed E-state index contributed by atoms with van der Waals surface area (Å²) in [5, 5.41) is 3.79. The van der Waals surface area contributed by atoms with E-state index in [4.69, 9.17) is 15.2 Å². The molecule has 0 spiro atoms. The minimum atomic E-state index is -3.62. The molecule has 0 fully saturated rings. The van der Waals surface area contributed by atoms with Gasteiger partial charge in [-0.3, -0.25) is 0 Å². The van der Waals surface area contributed by atoms with Crippen LogP contribution < -0.4 is 0 Å². The number of aromatic nitrogens is 1. The Balaban J connectivity index is 2.07. The lowest BCUT2D eigenvalue weighted by molar-refractivity contribution is 0.426. The number of rotatable bonds is 2. The van der Waals surface area contributed by atoms with E-state index in [1.54, 1.807) is 0 Å². The van der Waals surface area contributed by atoms with Crippen molar-refractivity contribution in [3.8, 4) is 11.3 Å². The third-order valence-electron chi connectivity index (χ3n) is 2.86. The molecule has 1 aliphatic rings. The van der Waals surface area contributed by atoms with Crippen molar-refractivity contribution < 1.29 is 12.9 Å². The van der Waals surface area contributed by atoms with Gasteiger partial charge in [-0.05, 0) is 23.8 Å². The van der Waals surface area contributed by atoms with Crippen LogP contribution >= 0.6 is 26.6 Å². The molecule has 1 aromatic heterocycles. The van der Waals surface area contributed by atoms with E-state index in [0.717, 1.165) is 21.2 Å². The molecule has 1 aliphatic carbocycles. The van der Waals surface area contributed by atoms with Crippen molar-refractivity contribution in [3.63, 3.8) is 0 Å². The Kier molecular flexibility index (Phi) is 2.76. The van der Waals surface area contributed by atoms with Gasteiger partial charge in [0.05, 0.1) is 0 Å². The molecule has 94 valence electrons. The molecule has 1 heterocycles. The van der Waals surface area contributed by atoms with Crippen molar-refractivity contribution in [1.82, 2.24) is 5.16 Å². The molecule has 0 saturated carbocycles. The summed E-state index contributed by atoms with van der Waals surface area (Å²) in [5.41, 5.74) is 3.26. The highest BCUT2D eigenvalue weighted by molar-refractivity contribution is 9.10. The fourth-order valence-corrected chi connectivity index (χ4v) is 3.41. The molecule has 0 N–H and O–H groups in total. The summed E-state index contributed by atoms with van der Waals surface area (Å²) in [6.07, 6.45) is 0.620. The van der Waals surface area contributed by atoms with Crippen molar-refractivity contribution in [1.29, 1.82) is 0 Å². The summed E-state index contributed by atoms with van der Waals surface area (Å²) >= 11 is 3.40. The van der Waals surface area contributed by atoms with Crippen LogP contribution in [0.1, 0.15) is 16.8 Å². The molecule has 1 aromatic carbocycles. The van der Waals surface area contributed by atoms with E-state index >= 15 is 0 Å². The first-order valence-corrected chi connectivity index (χ1v) is 8.40. The van der Waals surface area contributed by atoms with Crippen LogP contribution in [0.25, 0.3) is 11.3 Å². The van der Waals surface area contributed by atoms with E-state index in [-0.39, 0.29) is 5.75 Å². The third-order valence-corrected chi connectivity index (χ3v) is 4.30. The quantitative estimate of drug-likeness (QED) is 0.668. The van der Waals surface area contributed by atoms with Crippen LogP contribution in [0.2, 0.25) is 0 Å². The highest BCUT2D eigenvalue weighted by Crippen LogP contribution is 2.40. The number of fused-ring (bicyclic) bond motifs is 3. The van der Waals surface area contributed by atoms with Crippen molar-refractivity contribution >= 4 is 35.7 Å². The first kappa shape index (κ1) is 12.2. The average molecular weight is 349 g/mol. The van der Waals surface area contributed by atoms with Crippen molar-refractivity contribution in [2.24, 2.45) is 0 Å². The van der Waals surface area contributed by atoms with Gasteiger partial charge in [-0.25, -0.2) is 8.42 Å². The van der Waals surface area contributed by atoms with E-state index < -0.39 is 9.05 Å². The molecule has 7 heteroatoms. The third kappa shape index (κ3) is 2.08. The lowest BCUT2D eigenvalue weighted by Crippen LogP contribution is -1.98. The average Bonchev–Trinajstić information content (AvgIpc) is 2.76. The largest absolute Gasteiger partial charge is 0.356 e. The Morgan fingerprint density at radius 2 is 2.22 bits per heavy atom. The molecule has 0 atom stereocenters. The zero-order valence-electron chi connectivity index (χ0n) is 8.98. The zero-order valence-corrected chi connectivity index (χ0v) is 12.1. The van der Waals surface area contributed by atoms with Gasteiger partial charge in [-0.2, -0.15) is 0 Å². The predicted molar refractivity (Wildman–Crippen MR) is 70.9 cm³/mol. The molecule has 0 radical (unpaired) electrons. The monoisotopic (exact) mass is 347 g/mol. The topological polar surface area (TPSA) is 60.2 Å². The van der Waals surface area contributed by atoms with Gasteiger partial charge >= 0.3 is 0 Å². The van der Waals surface area contributed by atoms with Crippen LogP contribution in [0.4, 0.5) is 0 Å². The Bertz CT molecular complexity index is 739. The summed E-state index contributed by atoms with van der Waals surface area (Å²) in [6, 6.07) is 5.83. The SMILES string of the molecule is O=S(=O)(Cl)Cc1noc2c1Cc1cc(Br)ccc1-2. The van der Waals surface area contributed by atoms with Gasteiger partial charge in [-0.15, -0.1) is 0 Å². The van der Waals surface area contributed by atoms with Gasteiger partial charge in [0.1, 0.15) is 11.4 Å². The zero-order chi connectivity index (χ0) is 12.9. The standard InChI is InChI=1S/C11H7BrClNO3S/c12-7-1-2-8-6(3-7)4-9-10(5-18(13,15)16)14-17-11(8)9/h1-3H,4-5H2. The van der Waals surface area contributed by atoms with E-state index in [2.05, 4.69) is 21.1 Å². The van der Waals surface area contributed by atoms with Gasteiger partial charge in [0.25, 0.3) is 0 Å². The second-order valence-electron chi connectivity index (χ2n) is 4.10. The highest BCUT2D eigenvalue weighted by Gasteiger charge is 2.28. The van der Waals surface area contributed by atoms with Crippen LogP contribution in [0.15, 0.2) is 27.2 Å².